The van der Waals surface area contributed by atoms with E-state index in [1.165, 1.54) is 11.3 Å². The third kappa shape index (κ3) is 3.31. The molecule has 0 bridgehead atoms. The number of carbonyl (C=O) groups excluding carboxylic acids is 1. The first-order valence-corrected chi connectivity index (χ1v) is 7.93. The number of benzene rings is 1. The molecule has 0 saturated heterocycles. The maximum absolute atomic E-state index is 12.1. The zero-order valence-electron chi connectivity index (χ0n) is 12.1. The minimum Gasteiger partial charge on any atom is -0.321 e. The molecule has 1 heterocycles. The van der Waals surface area contributed by atoms with E-state index < -0.39 is 0 Å². The predicted molar refractivity (Wildman–Crippen MR) is 86.2 cm³/mol. The Bertz CT molecular complexity index is 810. The van der Waals surface area contributed by atoms with Crippen LogP contribution in [0.3, 0.4) is 0 Å². The van der Waals surface area contributed by atoms with Crippen molar-refractivity contribution in [3.63, 3.8) is 0 Å². The zero-order chi connectivity index (χ0) is 16.2. The second-order valence-corrected chi connectivity index (χ2v) is 6.36. The summed E-state index contributed by atoms with van der Waals surface area (Å²) >= 11 is 1.38. The molecule has 1 amide bonds. The van der Waals surface area contributed by atoms with Gasteiger partial charge in [0.25, 0.3) is 0 Å². The summed E-state index contributed by atoms with van der Waals surface area (Å²) < 4.78 is 0. The molecule has 2 N–H and O–H groups in total. The molecule has 1 aromatic heterocycles. The van der Waals surface area contributed by atoms with Gasteiger partial charge in [0.2, 0.25) is 5.91 Å². The van der Waals surface area contributed by atoms with Crippen molar-refractivity contribution in [1.29, 1.82) is 10.5 Å². The van der Waals surface area contributed by atoms with E-state index in [1.54, 1.807) is 18.3 Å². The Kier molecular flexibility index (Phi) is 4.22. The average Bonchev–Trinajstić information content (AvgIpc) is 2.99. The Morgan fingerprint density at radius 2 is 2.17 bits per heavy atom. The number of carbonyl (C=O) groups is 1. The second-order valence-electron chi connectivity index (χ2n) is 5.33. The van der Waals surface area contributed by atoms with E-state index in [2.05, 4.69) is 21.7 Å². The first-order valence-electron chi connectivity index (χ1n) is 7.11. The van der Waals surface area contributed by atoms with Gasteiger partial charge in [0.1, 0.15) is 0 Å². The summed E-state index contributed by atoms with van der Waals surface area (Å²) in [6.07, 6.45) is 4.92. The minimum atomic E-state index is -0.0740. The van der Waals surface area contributed by atoms with Crippen molar-refractivity contribution in [3.05, 3.63) is 36.0 Å². The van der Waals surface area contributed by atoms with Crippen LogP contribution in [0.5, 0.6) is 0 Å². The number of aromatic nitrogens is 1. The number of thiazole rings is 1. The van der Waals surface area contributed by atoms with Crippen molar-refractivity contribution in [3.8, 4) is 22.7 Å². The van der Waals surface area contributed by atoms with Crippen molar-refractivity contribution in [1.82, 2.24) is 10.3 Å². The molecule has 2 aromatic rings. The van der Waals surface area contributed by atoms with Gasteiger partial charge < -0.3 is 10.6 Å². The lowest BCUT2D eigenvalue weighted by atomic mass is 9.80. The van der Waals surface area contributed by atoms with E-state index >= 15 is 0 Å². The molecule has 0 atom stereocenters. The topological polar surface area (TPSA) is 102 Å². The number of nitriles is 2. The fourth-order valence-electron chi connectivity index (χ4n) is 2.46. The molecule has 1 saturated carbocycles. The number of rotatable bonds is 4. The molecule has 1 aliphatic carbocycles. The lowest BCUT2D eigenvalue weighted by molar-refractivity contribution is -0.122. The second kappa shape index (κ2) is 6.47. The highest BCUT2D eigenvalue weighted by Crippen LogP contribution is 2.32. The highest BCUT2D eigenvalue weighted by atomic mass is 32.1. The van der Waals surface area contributed by atoms with Gasteiger partial charge in [-0.2, -0.15) is 10.5 Å². The molecular formula is C16H13N5OS. The first kappa shape index (κ1) is 15.0. The van der Waals surface area contributed by atoms with Crippen LogP contribution in [0.15, 0.2) is 30.5 Å². The maximum atomic E-state index is 12.1. The van der Waals surface area contributed by atoms with E-state index in [-0.39, 0.29) is 17.9 Å². The van der Waals surface area contributed by atoms with E-state index in [4.69, 9.17) is 10.5 Å². The van der Waals surface area contributed by atoms with E-state index in [0.29, 0.717) is 23.5 Å². The fourth-order valence-corrected chi connectivity index (χ4v) is 3.27. The molecule has 0 radical (unpaired) electrons. The number of anilines is 1. The average molecular weight is 323 g/mol. The zero-order valence-corrected chi connectivity index (χ0v) is 12.9. The molecule has 7 heteroatoms. The standard InChI is InChI=1S/C16H13N5OS/c17-7-10-2-1-3-11(4-10)14-8-19-16(23-14)21-15(22)12-5-13(6-12)20-9-18/h1-4,8,12-13,20H,5-6H2,(H,19,21,22)/t12-,13-. The summed E-state index contributed by atoms with van der Waals surface area (Å²) in [5.74, 6) is -0.136. The quantitative estimate of drug-likeness (QED) is 0.665. The van der Waals surface area contributed by atoms with E-state index in [0.717, 1.165) is 10.4 Å². The molecule has 0 aliphatic heterocycles. The monoisotopic (exact) mass is 323 g/mol. The Balaban J connectivity index is 1.63. The van der Waals surface area contributed by atoms with Crippen LogP contribution in [0.25, 0.3) is 10.4 Å². The minimum absolute atomic E-state index is 0.0623. The number of amides is 1. The van der Waals surface area contributed by atoms with Crippen LogP contribution in [-0.2, 0) is 4.79 Å². The predicted octanol–water partition coefficient (Wildman–Crippen LogP) is 2.47. The van der Waals surface area contributed by atoms with Crippen molar-refractivity contribution >= 4 is 22.4 Å². The third-order valence-corrected chi connectivity index (χ3v) is 4.75. The van der Waals surface area contributed by atoms with E-state index in [9.17, 15) is 4.79 Å². The van der Waals surface area contributed by atoms with Crippen LogP contribution in [0.2, 0.25) is 0 Å². The Labute approximate surface area is 137 Å². The summed E-state index contributed by atoms with van der Waals surface area (Å²) in [6, 6.07) is 9.48. The molecule has 114 valence electrons. The van der Waals surface area contributed by atoms with Gasteiger partial charge in [-0.1, -0.05) is 23.5 Å². The van der Waals surface area contributed by atoms with Gasteiger partial charge in [-0.05, 0) is 30.5 Å². The van der Waals surface area contributed by atoms with E-state index in [1.807, 2.05) is 18.3 Å². The Morgan fingerprint density at radius 1 is 1.35 bits per heavy atom. The van der Waals surface area contributed by atoms with Crippen LogP contribution >= 0.6 is 11.3 Å². The maximum Gasteiger partial charge on any atom is 0.229 e. The summed E-state index contributed by atoms with van der Waals surface area (Å²) in [7, 11) is 0. The van der Waals surface area contributed by atoms with Gasteiger partial charge in [0.15, 0.2) is 11.3 Å². The lowest BCUT2D eigenvalue weighted by Crippen LogP contribution is -2.44. The molecule has 1 aromatic carbocycles. The number of hydrogen-bond acceptors (Lipinski definition) is 6. The highest BCUT2D eigenvalue weighted by Gasteiger charge is 2.34. The van der Waals surface area contributed by atoms with Crippen LogP contribution in [0, 0.1) is 28.7 Å². The van der Waals surface area contributed by atoms with Crippen LogP contribution in [0.4, 0.5) is 5.13 Å². The summed E-state index contributed by atoms with van der Waals surface area (Å²) in [6.45, 7) is 0. The van der Waals surface area contributed by atoms with Crippen molar-refractivity contribution in [2.24, 2.45) is 5.92 Å². The first-order chi connectivity index (χ1) is 11.2. The molecule has 6 nitrogen and oxygen atoms in total. The molecular weight excluding hydrogens is 310 g/mol. The Hall–Kier alpha value is -2.90. The van der Waals surface area contributed by atoms with Crippen molar-refractivity contribution < 1.29 is 4.79 Å². The molecule has 23 heavy (non-hydrogen) atoms. The number of nitrogens with zero attached hydrogens (tertiary/aromatic N) is 3. The highest BCUT2D eigenvalue weighted by molar-refractivity contribution is 7.19. The number of nitrogens with one attached hydrogen (secondary N) is 2. The molecule has 0 spiro atoms. The van der Waals surface area contributed by atoms with Crippen LogP contribution in [0.1, 0.15) is 18.4 Å². The smallest absolute Gasteiger partial charge is 0.229 e. The van der Waals surface area contributed by atoms with Crippen LogP contribution in [-0.4, -0.2) is 16.9 Å². The van der Waals surface area contributed by atoms with Gasteiger partial charge in [0, 0.05) is 18.2 Å². The summed E-state index contributed by atoms with van der Waals surface area (Å²) in [5.41, 5.74) is 1.50. The summed E-state index contributed by atoms with van der Waals surface area (Å²) in [5, 5.41) is 23.5. The van der Waals surface area contributed by atoms with Gasteiger partial charge >= 0.3 is 0 Å². The van der Waals surface area contributed by atoms with Crippen molar-refractivity contribution in [2.45, 2.75) is 18.9 Å². The lowest BCUT2D eigenvalue weighted by Gasteiger charge is -2.32. The fraction of sp³-hybridized carbons (Fsp3) is 0.250. The normalized spacial score (nSPS) is 19.0. The molecule has 0 unspecified atom stereocenters. The van der Waals surface area contributed by atoms with Gasteiger partial charge in [-0.15, -0.1) is 0 Å². The van der Waals surface area contributed by atoms with Gasteiger partial charge in [-0.25, -0.2) is 4.98 Å². The summed E-state index contributed by atoms with van der Waals surface area (Å²) in [4.78, 5) is 17.2. The van der Waals surface area contributed by atoms with Crippen molar-refractivity contribution in [2.75, 3.05) is 5.32 Å². The SMILES string of the molecule is N#CN[C@H]1C[C@H](C(=O)Nc2ncc(-c3cccc(C#N)c3)s2)C1. The van der Waals surface area contributed by atoms with Gasteiger partial charge in [0.05, 0.1) is 16.5 Å². The van der Waals surface area contributed by atoms with Gasteiger partial charge in [-0.3, -0.25) is 4.79 Å². The molecule has 1 fully saturated rings. The number of hydrogen-bond donors (Lipinski definition) is 2. The largest absolute Gasteiger partial charge is 0.321 e. The molecule has 1 aliphatic rings. The Morgan fingerprint density at radius 3 is 2.91 bits per heavy atom. The van der Waals surface area contributed by atoms with Crippen LogP contribution < -0.4 is 10.6 Å². The third-order valence-electron chi connectivity index (χ3n) is 3.79. The molecule has 3 rings (SSSR count).